The van der Waals surface area contributed by atoms with Gasteiger partial charge in [-0.3, -0.25) is 0 Å². The van der Waals surface area contributed by atoms with Crippen LogP contribution in [0.2, 0.25) is 0 Å². The van der Waals surface area contributed by atoms with Gasteiger partial charge >= 0.3 is 6.03 Å². The van der Waals surface area contributed by atoms with E-state index in [1.165, 1.54) is 4.90 Å². The molecule has 0 aliphatic rings. The van der Waals surface area contributed by atoms with Gasteiger partial charge in [0.05, 0.1) is 14.2 Å². The minimum Gasteiger partial charge on any atom is -0.493 e. The molecule has 1 aromatic carbocycles. The summed E-state index contributed by atoms with van der Waals surface area (Å²) in [6, 6.07) is 5.91. The summed E-state index contributed by atoms with van der Waals surface area (Å²) in [5.41, 5.74) is 1.10. The summed E-state index contributed by atoms with van der Waals surface area (Å²) in [6.07, 6.45) is 0. The highest BCUT2D eigenvalue weighted by atomic mass is 16.5. The van der Waals surface area contributed by atoms with Gasteiger partial charge in [0.15, 0.2) is 11.5 Å². The van der Waals surface area contributed by atoms with E-state index in [9.17, 15) is 4.79 Å². The van der Waals surface area contributed by atoms with E-state index in [-0.39, 0.29) is 12.1 Å². The van der Waals surface area contributed by atoms with E-state index in [1.807, 2.05) is 18.2 Å². The molecule has 0 radical (unpaired) electrons. The van der Waals surface area contributed by atoms with Crippen LogP contribution in [0.25, 0.3) is 0 Å². The summed E-state index contributed by atoms with van der Waals surface area (Å²) in [5.74, 6) is 1.43. The highest BCUT2D eigenvalue weighted by Gasteiger charge is 2.10. The molecule has 6 nitrogen and oxygen atoms in total. The lowest BCUT2D eigenvalue weighted by molar-refractivity contribution is 0.217. The molecule has 1 unspecified atom stereocenters. The van der Waals surface area contributed by atoms with Crippen LogP contribution in [0.4, 0.5) is 4.79 Å². The van der Waals surface area contributed by atoms with Crippen molar-refractivity contribution in [3.8, 4) is 11.5 Å². The Balaban J connectivity index is 2.48. The molecular formula is C15H25N3O3. The summed E-state index contributed by atoms with van der Waals surface area (Å²) in [6.45, 7) is 3.33. The minimum absolute atomic E-state index is 0.0874. The molecule has 0 aromatic heterocycles. The maximum atomic E-state index is 11.4. The third-order valence-corrected chi connectivity index (χ3v) is 3.17. The van der Waals surface area contributed by atoms with E-state index < -0.39 is 0 Å². The van der Waals surface area contributed by atoms with Crippen LogP contribution in [-0.2, 0) is 0 Å². The Morgan fingerprint density at radius 1 is 1.19 bits per heavy atom. The lowest BCUT2D eigenvalue weighted by Crippen LogP contribution is -2.38. The molecule has 6 heteroatoms. The zero-order valence-electron chi connectivity index (χ0n) is 13.4. The second-order valence-corrected chi connectivity index (χ2v) is 4.92. The maximum Gasteiger partial charge on any atom is 0.316 e. The fourth-order valence-electron chi connectivity index (χ4n) is 1.86. The monoisotopic (exact) mass is 295 g/mol. The van der Waals surface area contributed by atoms with Crippen LogP contribution in [0, 0.1) is 0 Å². The molecule has 0 saturated heterocycles. The fourth-order valence-corrected chi connectivity index (χ4v) is 1.86. The smallest absolute Gasteiger partial charge is 0.316 e. The van der Waals surface area contributed by atoms with Gasteiger partial charge in [-0.05, 0) is 24.6 Å². The van der Waals surface area contributed by atoms with Gasteiger partial charge in [-0.1, -0.05) is 6.07 Å². The number of hydrogen-bond acceptors (Lipinski definition) is 4. The molecule has 0 fully saturated rings. The average molecular weight is 295 g/mol. The number of ether oxygens (including phenoxy) is 2. The quantitative estimate of drug-likeness (QED) is 0.751. The summed E-state index contributed by atoms with van der Waals surface area (Å²) in [5, 5.41) is 6.16. The van der Waals surface area contributed by atoms with E-state index in [4.69, 9.17) is 9.47 Å². The fraction of sp³-hybridized carbons (Fsp3) is 0.533. The number of nitrogens with zero attached hydrogens (tertiary/aromatic N) is 1. The van der Waals surface area contributed by atoms with E-state index in [2.05, 4.69) is 17.6 Å². The third kappa shape index (κ3) is 5.15. The Morgan fingerprint density at radius 3 is 2.43 bits per heavy atom. The highest BCUT2D eigenvalue weighted by molar-refractivity contribution is 5.73. The van der Waals surface area contributed by atoms with Crippen molar-refractivity contribution in [3.63, 3.8) is 0 Å². The maximum absolute atomic E-state index is 11.4. The topological polar surface area (TPSA) is 62.8 Å². The summed E-state index contributed by atoms with van der Waals surface area (Å²) >= 11 is 0. The van der Waals surface area contributed by atoms with Crippen molar-refractivity contribution < 1.29 is 14.3 Å². The number of urea groups is 1. The molecule has 21 heavy (non-hydrogen) atoms. The number of benzene rings is 1. The molecule has 1 rings (SSSR count). The minimum atomic E-state index is -0.0874. The number of carbonyl (C=O) groups is 1. The van der Waals surface area contributed by atoms with Gasteiger partial charge in [0.2, 0.25) is 0 Å². The van der Waals surface area contributed by atoms with Gasteiger partial charge in [0.1, 0.15) is 0 Å². The number of nitrogens with one attached hydrogen (secondary N) is 2. The molecular weight excluding hydrogens is 270 g/mol. The first-order valence-corrected chi connectivity index (χ1v) is 6.90. The lowest BCUT2D eigenvalue weighted by Gasteiger charge is -2.17. The van der Waals surface area contributed by atoms with E-state index in [1.54, 1.807) is 28.3 Å². The molecule has 118 valence electrons. The van der Waals surface area contributed by atoms with Gasteiger partial charge in [0, 0.05) is 33.2 Å². The largest absolute Gasteiger partial charge is 0.493 e. The number of carbonyl (C=O) groups excluding carboxylic acids is 1. The molecule has 0 aliphatic carbocycles. The van der Waals surface area contributed by atoms with Gasteiger partial charge in [0.25, 0.3) is 0 Å². The lowest BCUT2D eigenvalue weighted by atomic mass is 10.1. The number of rotatable bonds is 7. The van der Waals surface area contributed by atoms with Crippen LogP contribution in [-0.4, -0.2) is 52.3 Å². The molecule has 0 heterocycles. The van der Waals surface area contributed by atoms with Crippen molar-refractivity contribution in [2.75, 3.05) is 41.4 Å². The Morgan fingerprint density at radius 2 is 1.86 bits per heavy atom. The highest BCUT2D eigenvalue weighted by Crippen LogP contribution is 2.29. The number of hydrogen-bond donors (Lipinski definition) is 2. The first kappa shape index (κ1) is 17.1. The molecule has 0 saturated carbocycles. The molecule has 0 aliphatic heterocycles. The average Bonchev–Trinajstić information content (AvgIpc) is 2.50. The summed E-state index contributed by atoms with van der Waals surface area (Å²) in [4.78, 5) is 12.9. The first-order chi connectivity index (χ1) is 9.99. The Kier molecular flexibility index (Phi) is 6.81. The Labute approximate surface area is 126 Å². The Hall–Kier alpha value is -1.95. The first-order valence-electron chi connectivity index (χ1n) is 6.90. The molecule has 0 bridgehead atoms. The molecule has 1 aromatic rings. The van der Waals surface area contributed by atoms with Crippen LogP contribution in [0.5, 0.6) is 11.5 Å². The van der Waals surface area contributed by atoms with Crippen molar-refractivity contribution in [2.45, 2.75) is 13.0 Å². The second kappa shape index (κ2) is 8.36. The predicted molar refractivity (Wildman–Crippen MR) is 83.0 cm³/mol. The summed E-state index contributed by atoms with van der Waals surface area (Å²) in [7, 11) is 6.67. The SMILES string of the molecule is COc1ccc(C(C)NCCNC(=O)N(C)C)cc1OC. The molecule has 1 atom stereocenters. The third-order valence-electron chi connectivity index (χ3n) is 3.17. The zero-order chi connectivity index (χ0) is 15.8. The van der Waals surface area contributed by atoms with Gasteiger partial charge in [-0.15, -0.1) is 0 Å². The number of amides is 2. The van der Waals surface area contributed by atoms with Crippen molar-refractivity contribution in [2.24, 2.45) is 0 Å². The van der Waals surface area contributed by atoms with E-state index in [0.717, 1.165) is 5.56 Å². The normalized spacial score (nSPS) is 11.7. The van der Waals surface area contributed by atoms with Crippen molar-refractivity contribution in [3.05, 3.63) is 23.8 Å². The van der Waals surface area contributed by atoms with Gasteiger partial charge in [-0.2, -0.15) is 0 Å². The van der Waals surface area contributed by atoms with E-state index in [0.29, 0.717) is 24.6 Å². The van der Waals surface area contributed by atoms with Crippen molar-refractivity contribution in [1.29, 1.82) is 0 Å². The number of methoxy groups -OCH3 is 2. The van der Waals surface area contributed by atoms with E-state index >= 15 is 0 Å². The standard InChI is InChI=1S/C15H25N3O3/c1-11(16-8-9-17-15(19)18(2)3)12-6-7-13(20-4)14(10-12)21-5/h6-7,10-11,16H,8-9H2,1-5H3,(H,17,19). The van der Waals surface area contributed by atoms with Crippen LogP contribution in [0.3, 0.4) is 0 Å². The van der Waals surface area contributed by atoms with Crippen LogP contribution < -0.4 is 20.1 Å². The van der Waals surface area contributed by atoms with Crippen molar-refractivity contribution in [1.82, 2.24) is 15.5 Å². The van der Waals surface area contributed by atoms with Gasteiger partial charge in [-0.25, -0.2) is 4.79 Å². The predicted octanol–water partition coefficient (Wildman–Crippen LogP) is 1.63. The van der Waals surface area contributed by atoms with Crippen LogP contribution in [0.15, 0.2) is 18.2 Å². The molecule has 0 spiro atoms. The molecule has 2 N–H and O–H groups in total. The Bertz CT molecular complexity index is 463. The second-order valence-electron chi connectivity index (χ2n) is 4.92. The van der Waals surface area contributed by atoms with Crippen molar-refractivity contribution >= 4 is 6.03 Å². The zero-order valence-corrected chi connectivity index (χ0v) is 13.4. The summed E-state index contributed by atoms with van der Waals surface area (Å²) < 4.78 is 10.5. The van der Waals surface area contributed by atoms with Crippen LogP contribution >= 0.6 is 0 Å². The molecule has 2 amide bonds. The van der Waals surface area contributed by atoms with Crippen LogP contribution in [0.1, 0.15) is 18.5 Å². The van der Waals surface area contributed by atoms with Gasteiger partial charge < -0.3 is 25.0 Å².